The molecule has 71 heavy (non-hydrogen) atoms. The number of unbranched alkanes of at least 4 members (excludes halogenated alkanes) is 40. The second kappa shape index (κ2) is 53.5. The Labute approximate surface area is 442 Å². The number of aliphatic hydroxyl groups is 1. The van der Waals surface area contributed by atoms with E-state index in [1.165, 1.54) is 231 Å². The monoisotopic (exact) mass is 1020 g/mol. The van der Waals surface area contributed by atoms with Crippen molar-refractivity contribution in [1.29, 1.82) is 0 Å². The average Bonchev–Trinajstić information content (AvgIpc) is 3.33. The zero-order chi connectivity index (χ0) is 52.0. The van der Waals surface area contributed by atoms with Crippen LogP contribution in [0.1, 0.15) is 303 Å². The third-order valence-corrected chi connectivity index (χ3v) is 15.1. The van der Waals surface area contributed by atoms with Gasteiger partial charge in [0.15, 0.2) is 0 Å². The predicted octanol–water partition coefficient (Wildman–Crippen LogP) is 18.9. The lowest BCUT2D eigenvalue weighted by atomic mass is 10.0. The lowest BCUT2D eigenvalue weighted by molar-refractivity contribution is -0.870. The van der Waals surface area contributed by atoms with Gasteiger partial charge >= 0.3 is 7.82 Å². The Morgan fingerprint density at radius 1 is 0.465 bits per heavy atom. The molecule has 0 aromatic heterocycles. The molecule has 0 saturated carbocycles. The summed E-state index contributed by atoms with van der Waals surface area (Å²) in [5.41, 5.74) is 0. The highest BCUT2D eigenvalue weighted by atomic mass is 31.2. The number of carbonyl (C=O) groups excluding carboxylic acids is 1. The Hall–Kier alpha value is -1.28. The van der Waals surface area contributed by atoms with Gasteiger partial charge in [0.25, 0.3) is 0 Å². The number of aliphatic hydroxyl groups excluding tert-OH is 1. The molecule has 0 aliphatic carbocycles. The van der Waals surface area contributed by atoms with Crippen LogP contribution in [-0.2, 0) is 18.4 Å². The van der Waals surface area contributed by atoms with Gasteiger partial charge < -0.3 is 19.8 Å². The molecule has 0 bridgehead atoms. The molecule has 0 aliphatic rings. The molecular formula is C62H122N2O6P+. The highest BCUT2D eigenvalue weighted by molar-refractivity contribution is 7.47. The van der Waals surface area contributed by atoms with Crippen LogP contribution in [0.3, 0.4) is 0 Å². The van der Waals surface area contributed by atoms with E-state index >= 15 is 0 Å². The van der Waals surface area contributed by atoms with Crippen molar-refractivity contribution in [3.63, 3.8) is 0 Å². The van der Waals surface area contributed by atoms with E-state index in [0.717, 1.165) is 51.4 Å². The largest absolute Gasteiger partial charge is 0.472 e. The summed E-state index contributed by atoms with van der Waals surface area (Å²) >= 11 is 0. The van der Waals surface area contributed by atoms with Crippen LogP contribution in [-0.4, -0.2) is 73.4 Å². The van der Waals surface area contributed by atoms with E-state index in [0.29, 0.717) is 17.4 Å². The first-order valence-electron chi connectivity index (χ1n) is 30.9. The third-order valence-electron chi connectivity index (χ3n) is 14.1. The first kappa shape index (κ1) is 69.7. The van der Waals surface area contributed by atoms with Crippen molar-refractivity contribution < 1.29 is 32.9 Å². The highest BCUT2D eigenvalue weighted by Crippen LogP contribution is 2.43. The maximum atomic E-state index is 13.0. The van der Waals surface area contributed by atoms with Gasteiger partial charge in [-0.2, -0.15) is 0 Å². The Morgan fingerprint density at radius 2 is 0.775 bits per heavy atom. The minimum atomic E-state index is -4.35. The molecule has 0 radical (unpaired) electrons. The molecule has 0 fully saturated rings. The molecule has 0 spiro atoms. The molecule has 3 unspecified atom stereocenters. The second-order valence-electron chi connectivity index (χ2n) is 22.4. The standard InChI is InChI=1S/C62H121N2O6P/c1-6-8-10-12-14-16-18-20-21-22-23-24-25-26-27-28-29-30-31-32-33-34-35-36-37-38-39-40-41-42-44-46-48-50-52-54-56-62(66)63-60(59-70-71(67,68)69-58-57-64(3,4)5)61(65)55-53-51-49-47-45-43-19-17-15-13-11-9-7-2/h15,17,45,47,53,55,60-61,65H,6-14,16,18-44,46,48-52,54,56-59H2,1-5H3,(H-,63,66,67,68)/p+1/b17-15+,47-45+,55-53+. The SMILES string of the molecule is CCCCC/C=C/CC/C=C/CC/C=C/C(O)C(COP(=O)(O)OCC[N+](C)(C)C)NC(=O)CCCCCCCCCCCCCCCCCCCCCCCCCCCCCCCCCCCCCC. The van der Waals surface area contributed by atoms with Gasteiger partial charge in [-0.25, -0.2) is 4.57 Å². The summed E-state index contributed by atoms with van der Waals surface area (Å²) in [6, 6.07) is -0.867. The van der Waals surface area contributed by atoms with Crippen LogP contribution >= 0.6 is 7.82 Å². The molecule has 9 heteroatoms. The average molecular weight is 1020 g/mol. The van der Waals surface area contributed by atoms with Gasteiger partial charge in [0.1, 0.15) is 13.2 Å². The fourth-order valence-corrected chi connectivity index (χ4v) is 9.99. The number of carbonyl (C=O) groups is 1. The topological polar surface area (TPSA) is 105 Å². The fourth-order valence-electron chi connectivity index (χ4n) is 9.25. The molecule has 8 nitrogen and oxygen atoms in total. The number of nitrogens with zero attached hydrogens (tertiary/aromatic N) is 1. The van der Waals surface area contributed by atoms with E-state index in [2.05, 4.69) is 43.5 Å². The van der Waals surface area contributed by atoms with Crippen LogP contribution in [0.2, 0.25) is 0 Å². The van der Waals surface area contributed by atoms with Crippen molar-refractivity contribution in [2.45, 2.75) is 315 Å². The van der Waals surface area contributed by atoms with Gasteiger partial charge in [0.2, 0.25) is 5.91 Å². The van der Waals surface area contributed by atoms with Crippen LogP contribution in [0.25, 0.3) is 0 Å². The summed E-state index contributed by atoms with van der Waals surface area (Å²) in [5.74, 6) is -0.187. The number of hydrogen-bond donors (Lipinski definition) is 3. The molecule has 1 amide bonds. The lowest BCUT2D eigenvalue weighted by Gasteiger charge is -2.25. The number of phosphoric ester groups is 1. The number of allylic oxidation sites excluding steroid dienone is 5. The van der Waals surface area contributed by atoms with Gasteiger partial charge in [-0.1, -0.05) is 288 Å². The quantitative estimate of drug-likeness (QED) is 0.0243. The number of nitrogens with one attached hydrogen (secondary N) is 1. The molecule has 0 aromatic rings. The Balaban J connectivity index is 3.91. The molecule has 0 heterocycles. The predicted molar refractivity (Wildman–Crippen MR) is 309 cm³/mol. The number of rotatable bonds is 57. The Morgan fingerprint density at radius 3 is 1.13 bits per heavy atom. The molecule has 0 rings (SSSR count). The van der Waals surface area contributed by atoms with E-state index in [1.54, 1.807) is 6.08 Å². The van der Waals surface area contributed by atoms with Crippen LogP contribution in [0.5, 0.6) is 0 Å². The minimum Gasteiger partial charge on any atom is -0.387 e. The van der Waals surface area contributed by atoms with Gasteiger partial charge in [-0.3, -0.25) is 13.8 Å². The van der Waals surface area contributed by atoms with Gasteiger partial charge in [0.05, 0.1) is 39.9 Å². The van der Waals surface area contributed by atoms with Crippen molar-refractivity contribution in [3.8, 4) is 0 Å². The number of likely N-dealkylation sites (N-methyl/N-ethyl adjacent to an activating group) is 1. The smallest absolute Gasteiger partial charge is 0.387 e. The number of amides is 1. The van der Waals surface area contributed by atoms with Gasteiger partial charge in [-0.05, 0) is 44.9 Å². The van der Waals surface area contributed by atoms with E-state index in [9.17, 15) is 19.4 Å². The zero-order valence-corrected chi connectivity index (χ0v) is 48.9. The summed E-state index contributed by atoms with van der Waals surface area (Å²) in [6.45, 7) is 4.78. The maximum Gasteiger partial charge on any atom is 0.472 e. The summed E-state index contributed by atoms with van der Waals surface area (Å²) in [4.78, 5) is 23.2. The van der Waals surface area contributed by atoms with Crippen LogP contribution in [0.4, 0.5) is 0 Å². The number of hydrogen-bond acceptors (Lipinski definition) is 5. The van der Waals surface area contributed by atoms with E-state index in [4.69, 9.17) is 9.05 Å². The molecule has 420 valence electrons. The van der Waals surface area contributed by atoms with Crippen molar-refractivity contribution in [2.24, 2.45) is 0 Å². The van der Waals surface area contributed by atoms with Crippen LogP contribution in [0, 0.1) is 0 Å². The molecular weight excluding hydrogens is 900 g/mol. The zero-order valence-electron chi connectivity index (χ0n) is 48.0. The summed E-state index contributed by atoms with van der Waals surface area (Å²) in [6.07, 6.45) is 70.1. The first-order chi connectivity index (χ1) is 34.5. The van der Waals surface area contributed by atoms with Crippen molar-refractivity contribution in [2.75, 3.05) is 40.9 Å². The van der Waals surface area contributed by atoms with Crippen LogP contribution < -0.4 is 5.32 Å². The van der Waals surface area contributed by atoms with Crippen molar-refractivity contribution in [1.82, 2.24) is 5.32 Å². The normalized spacial score (nSPS) is 14.1. The minimum absolute atomic E-state index is 0.0548. The highest BCUT2D eigenvalue weighted by Gasteiger charge is 2.27. The van der Waals surface area contributed by atoms with Crippen molar-refractivity contribution in [3.05, 3.63) is 36.5 Å². The van der Waals surface area contributed by atoms with Gasteiger partial charge in [0, 0.05) is 6.42 Å². The lowest BCUT2D eigenvalue weighted by Crippen LogP contribution is -2.45. The molecule has 3 atom stereocenters. The summed E-state index contributed by atoms with van der Waals surface area (Å²) in [5, 5.41) is 13.9. The van der Waals surface area contributed by atoms with Crippen molar-refractivity contribution >= 4 is 13.7 Å². The summed E-state index contributed by atoms with van der Waals surface area (Å²) < 4.78 is 23.6. The number of quaternary nitrogens is 1. The first-order valence-corrected chi connectivity index (χ1v) is 32.4. The Bertz CT molecular complexity index is 1250. The summed E-state index contributed by atoms with van der Waals surface area (Å²) in [7, 11) is 1.55. The van der Waals surface area contributed by atoms with Crippen LogP contribution in [0.15, 0.2) is 36.5 Å². The molecule has 0 aliphatic heterocycles. The number of phosphoric acid groups is 1. The second-order valence-corrected chi connectivity index (χ2v) is 23.9. The Kier molecular flexibility index (Phi) is 52.6. The van der Waals surface area contributed by atoms with E-state index < -0.39 is 20.0 Å². The van der Waals surface area contributed by atoms with Gasteiger partial charge in [-0.15, -0.1) is 0 Å². The van der Waals surface area contributed by atoms with E-state index in [-0.39, 0.29) is 19.1 Å². The fraction of sp³-hybridized carbons (Fsp3) is 0.887. The maximum absolute atomic E-state index is 13.0. The third kappa shape index (κ3) is 56.3. The molecule has 3 N–H and O–H groups in total. The van der Waals surface area contributed by atoms with E-state index in [1.807, 2.05) is 27.2 Å². The molecule has 0 saturated heterocycles. The molecule has 0 aromatic carbocycles.